The molecule has 0 aliphatic rings. The molecule has 0 fully saturated rings. The molecule has 0 unspecified atom stereocenters. The molecule has 5 nitrogen and oxygen atoms in total. The van der Waals surface area contributed by atoms with Gasteiger partial charge in [-0.05, 0) is 46.5 Å². The third-order valence-corrected chi connectivity index (χ3v) is 6.10. The fourth-order valence-electron chi connectivity index (χ4n) is 4.40. The van der Waals surface area contributed by atoms with Crippen molar-refractivity contribution < 1.29 is 9.47 Å². The first kappa shape index (κ1) is 22.9. The molecule has 0 amide bonds. The lowest BCUT2D eigenvalue weighted by Crippen LogP contribution is -2.02. The Morgan fingerprint density at radius 2 is 1.61 bits per heavy atom. The minimum absolute atomic E-state index is 0.196. The molecule has 0 bridgehead atoms. The van der Waals surface area contributed by atoms with Crippen LogP contribution in [0.2, 0.25) is 0 Å². The second-order valence-electron chi connectivity index (χ2n) is 8.31. The summed E-state index contributed by atoms with van der Waals surface area (Å²) in [5, 5.41) is 12.3. The van der Waals surface area contributed by atoms with Gasteiger partial charge in [0.15, 0.2) is 11.5 Å². The lowest BCUT2D eigenvalue weighted by molar-refractivity contribution is 0.270. The van der Waals surface area contributed by atoms with E-state index in [1.54, 1.807) is 6.20 Å². The maximum absolute atomic E-state index is 9.93. The predicted octanol–water partition coefficient (Wildman–Crippen LogP) is 7.00. The van der Waals surface area contributed by atoms with Crippen LogP contribution in [0.4, 0.5) is 5.82 Å². The number of nitrogens with zero attached hydrogens (tertiary/aromatic N) is 2. The van der Waals surface area contributed by atoms with Crippen molar-refractivity contribution in [3.05, 3.63) is 108 Å². The SMILES string of the molecule is CCOc1cc(-c2c(-c3ccccc3)cnc(N)c2C#N)ccc1OCc1cccc2ccccc12. The summed E-state index contributed by atoms with van der Waals surface area (Å²) in [5.41, 5.74) is 10.8. The normalized spacial score (nSPS) is 10.7. The first-order valence-electron chi connectivity index (χ1n) is 11.8. The number of aromatic nitrogens is 1. The molecule has 4 aromatic carbocycles. The average Bonchev–Trinajstić information content (AvgIpc) is 2.92. The second-order valence-corrected chi connectivity index (χ2v) is 8.31. The molecule has 0 aliphatic heterocycles. The summed E-state index contributed by atoms with van der Waals surface area (Å²) >= 11 is 0. The molecule has 0 atom stereocenters. The molecule has 5 heteroatoms. The van der Waals surface area contributed by atoms with Gasteiger partial charge in [-0.1, -0.05) is 78.9 Å². The van der Waals surface area contributed by atoms with Crippen molar-refractivity contribution >= 4 is 16.6 Å². The lowest BCUT2D eigenvalue weighted by atomic mass is 9.92. The molecule has 5 rings (SSSR count). The molecule has 1 heterocycles. The van der Waals surface area contributed by atoms with Crippen molar-refractivity contribution in [2.45, 2.75) is 13.5 Å². The largest absolute Gasteiger partial charge is 0.490 e. The molecule has 36 heavy (non-hydrogen) atoms. The summed E-state index contributed by atoms with van der Waals surface area (Å²) in [6.45, 7) is 2.81. The van der Waals surface area contributed by atoms with Crippen LogP contribution in [0.5, 0.6) is 11.5 Å². The van der Waals surface area contributed by atoms with E-state index >= 15 is 0 Å². The minimum Gasteiger partial charge on any atom is -0.490 e. The van der Waals surface area contributed by atoms with Crippen molar-refractivity contribution in [2.24, 2.45) is 0 Å². The monoisotopic (exact) mass is 471 g/mol. The van der Waals surface area contributed by atoms with Crippen LogP contribution in [0.3, 0.4) is 0 Å². The van der Waals surface area contributed by atoms with Gasteiger partial charge < -0.3 is 15.2 Å². The van der Waals surface area contributed by atoms with Gasteiger partial charge in [-0.2, -0.15) is 5.26 Å². The predicted molar refractivity (Wildman–Crippen MR) is 144 cm³/mol. The second kappa shape index (κ2) is 10.2. The number of fused-ring (bicyclic) bond motifs is 1. The van der Waals surface area contributed by atoms with Gasteiger partial charge in [0.05, 0.1) is 6.61 Å². The molecule has 176 valence electrons. The zero-order valence-electron chi connectivity index (χ0n) is 19.9. The molecular weight excluding hydrogens is 446 g/mol. The number of ether oxygens (including phenoxy) is 2. The van der Waals surface area contributed by atoms with E-state index in [9.17, 15) is 5.26 Å². The van der Waals surface area contributed by atoms with Gasteiger partial charge in [0, 0.05) is 17.3 Å². The quantitative estimate of drug-likeness (QED) is 0.276. The fraction of sp³-hybridized carbons (Fsp3) is 0.0968. The van der Waals surface area contributed by atoms with E-state index in [1.165, 1.54) is 5.39 Å². The van der Waals surface area contributed by atoms with Crippen LogP contribution in [0.1, 0.15) is 18.1 Å². The Morgan fingerprint density at radius 3 is 2.42 bits per heavy atom. The number of nitrogen functional groups attached to an aromatic ring is 1. The average molecular weight is 472 g/mol. The molecule has 0 spiro atoms. The summed E-state index contributed by atoms with van der Waals surface area (Å²) in [6.07, 6.45) is 1.71. The Balaban J connectivity index is 1.55. The molecule has 1 aromatic heterocycles. The number of pyridine rings is 1. The molecule has 0 aliphatic carbocycles. The van der Waals surface area contributed by atoms with E-state index < -0.39 is 0 Å². The van der Waals surface area contributed by atoms with Gasteiger partial charge in [-0.3, -0.25) is 0 Å². The topological polar surface area (TPSA) is 81.2 Å². The van der Waals surface area contributed by atoms with Crippen molar-refractivity contribution in [3.63, 3.8) is 0 Å². The summed E-state index contributed by atoms with van der Waals surface area (Å²) in [7, 11) is 0. The van der Waals surface area contributed by atoms with Crippen LogP contribution in [-0.4, -0.2) is 11.6 Å². The first-order chi connectivity index (χ1) is 17.7. The number of nitrogens with two attached hydrogens (primary N) is 1. The van der Waals surface area contributed by atoms with Gasteiger partial charge in [-0.15, -0.1) is 0 Å². The third kappa shape index (κ3) is 4.45. The van der Waals surface area contributed by atoms with Crippen molar-refractivity contribution in [3.8, 4) is 39.8 Å². The summed E-state index contributed by atoms with van der Waals surface area (Å²) in [5.74, 6) is 1.44. The van der Waals surface area contributed by atoms with E-state index in [2.05, 4.69) is 35.3 Å². The van der Waals surface area contributed by atoms with Gasteiger partial charge in [-0.25, -0.2) is 4.98 Å². The number of anilines is 1. The summed E-state index contributed by atoms with van der Waals surface area (Å²) < 4.78 is 12.2. The van der Waals surface area contributed by atoms with E-state index in [1.807, 2.05) is 73.7 Å². The standard InChI is InChI=1S/C31H25N3O2/c1-2-35-29-17-23(30-26(18-32)31(33)34-19-27(30)22-9-4-3-5-10-22)15-16-28(29)36-20-24-13-8-12-21-11-6-7-14-25(21)24/h3-17,19H,2,20H2,1H3,(H2,33,34). The zero-order valence-corrected chi connectivity index (χ0v) is 19.9. The Labute approximate surface area is 210 Å². The smallest absolute Gasteiger partial charge is 0.161 e. The van der Waals surface area contributed by atoms with E-state index in [0.717, 1.165) is 33.2 Å². The van der Waals surface area contributed by atoms with Gasteiger partial charge in [0.2, 0.25) is 0 Å². The Kier molecular flexibility index (Phi) is 6.51. The maximum Gasteiger partial charge on any atom is 0.161 e. The number of hydrogen-bond donors (Lipinski definition) is 1. The van der Waals surface area contributed by atoms with Crippen LogP contribution < -0.4 is 15.2 Å². The number of benzene rings is 4. The molecule has 2 N–H and O–H groups in total. The van der Waals surface area contributed by atoms with Crippen molar-refractivity contribution in [1.82, 2.24) is 4.98 Å². The minimum atomic E-state index is 0.196. The van der Waals surface area contributed by atoms with Crippen LogP contribution in [0.15, 0.2) is 97.2 Å². The van der Waals surface area contributed by atoms with Crippen LogP contribution >= 0.6 is 0 Å². The van der Waals surface area contributed by atoms with Gasteiger partial charge in [0.1, 0.15) is 24.1 Å². The highest BCUT2D eigenvalue weighted by Gasteiger charge is 2.18. The third-order valence-electron chi connectivity index (χ3n) is 6.10. The highest BCUT2D eigenvalue weighted by molar-refractivity contribution is 5.90. The first-order valence-corrected chi connectivity index (χ1v) is 11.8. The zero-order chi connectivity index (χ0) is 24.9. The highest BCUT2D eigenvalue weighted by atomic mass is 16.5. The highest BCUT2D eigenvalue weighted by Crippen LogP contribution is 2.40. The van der Waals surface area contributed by atoms with E-state index in [-0.39, 0.29) is 5.82 Å². The molecule has 0 saturated heterocycles. The summed E-state index contributed by atoms with van der Waals surface area (Å²) in [4.78, 5) is 4.28. The van der Waals surface area contributed by atoms with Crippen LogP contribution in [-0.2, 0) is 6.61 Å². The van der Waals surface area contributed by atoms with Gasteiger partial charge in [0.25, 0.3) is 0 Å². The number of rotatable bonds is 7. The number of hydrogen-bond acceptors (Lipinski definition) is 5. The van der Waals surface area contributed by atoms with E-state index in [4.69, 9.17) is 15.2 Å². The lowest BCUT2D eigenvalue weighted by Gasteiger charge is -2.17. The van der Waals surface area contributed by atoms with Crippen LogP contribution in [0.25, 0.3) is 33.0 Å². The Hall–Kier alpha value is -4.82. The fourth-order valence-corrected chi connectivity index (χ4v) is 4.40. The van der Waals surface area contributed by atoms with Crippen LogP contribution in [0, 0.1) is 11.3 Å². The molecule has 0 saturated carbocycles. The molecule has 5 aromatic rings. The summed E-state index contributed by atoms with van der Waals surface area (Å²) in [6, 6.07) is 32.3. The molecule has 0 radical (unpaired) electrons. The Morgan fingerprint density at radius 1 is 0.833 bits per heavy atom. The van der Waals surface area contributed by atoms with Crippen molar-refractivity contribution in [1.29, 1.82) is 5.26 Å². The maximum atomic E-state index is 9.93. The van der Waals surface area contributed by atoms with Gasteiger partial charge >= 0.3 is 0 Å². The number of nitriles is 1. The van der Waals surface area contributed by atoms with Crippen molar-refractivity contribution in [2.75, 3.05) is 12.3 Å². The molecular formula is C31H25N3O2. The Bertz CT molecular complexity index is 1570. The van der Waals surface area contributed by atoms with E-state index in [0.29, 0.717) is 30.3 Å².